The van der Waals surface area contributed by atoms with Gasteiger partial charge in [0.2, 0.25) is 5.91 Å². The lowest BCUT2D eigenvalue weighted by molar-refractivity contribution is -0.149. The van der Waals surface area contributed by atoms with Crippen molar-refractivity contribution in [1.29, 1.82) is 0 Å². The fourth-order valence-corrected chi connectivity index (χ4v) is 2.93. The lowest BCUT2D eigenvalue weighted by Gasteiger charge is -2.46. The van der Waals surface area contributed by atoms with Crippen LogP contribution in [-0.4, -0.2) is 29.0 Å². The van der Waals surface area contributed by atoms with Crippen molar-refractivity contribution in [3.05, 3.63) is 29.8 Å². The van der Waals surface area contributed by atoms with Crippen molar-refractivity contribution < 1.29 is 9.90 Å². The summed E-state index contributed by atoms with van der Waals surface area (Å²) in [5, 5.41) is 9.66. The SMILES string of the molecule is O=C1C2CC(C2)CN1CCc1ccccc1O. The molecule has 1 saturated carbocycles. The summed E-state index contributed by atoms with van der Waals surface area (Å²) in [5.74, 6) is 1.70. The van der Waals surface area contributed by atoms with E-state index in [2.05, 4.69) is 0 Å². The first kappa shape index (κ1) is 10.6. The fourth-order valence-electron chi connectivity index (χ4n) is 2.93. The number of hydrogen-bond donors (Lipinski definition) is 1. The number of nitrogens with zero attached hydrogens (tertiary/aromatic N) is 1. The predicted octanol–water partition coefficient (Wildman–Crippen LogP) is 1.80. The lowest BCUT2D eigenvalue weighted by atomic mass is 9.70. The van der Waals surface area contributed by atoms with Crippen molar-refractivity contribution in [2.45, 2.75) is 19.3 Å². The summed E-state index contributed by atoms with van der Waals surface area (Å²) in [6.07, 6.45) is 2.95. The van der Waals surface area contributed by atoms with Crippen LogP contribution in [0.2, 0.25) is 0 Å². The van der Waals surface area contributed by atoms with Crippen LogP contribution in [-0.2, 0) is 11.2 Å². The van der Waals surface area contributed by atoms with Gasteiger partial charge in [0.15, 0.2) is 0 Å². The molecule has 2 bridgehead atoms. The van der Waals surface area contributed by atoms with Gasteiger partial charge in [-0.05, 0) is 36.8 Å². The smallest absolute Gasteiger partial charge is 0.225 e. The highest BCUT2D eigenvalue weighted by Gasteiger charge is 2.43. The number of amides is 1. The van der Waals surface area contributed by atoms with Crippen molar-refractivity contribution in [2.24, 2.45) is 11.8 Å². The number of piperidine rings is 2. The van der Waals surface area contributed by atoms with E-state index in [4.69, 9.17) is 0 Å². The van der Waals surface area contributed by atoms with E-state index < -0.39 is 0 Å². The van der Waals surface area contributed by atoms with Gasteiger partial charge < -0.3 is 10.0 Å². The van der Waals surface area contributed by atoms with Gasteiger partial charge in [-0.3, -0.25) is 4.79 Å². The van der Waals surface area contributed by atoms with E-state index in [-0.39, 0.29) is 0 Å². The van der Waals surface area contributed by atoms with Crippen molar-refractivity contribution in [3.63, 3.8) is 0 Å². The van der Waals surface area contributed by atoms with Gasteiger partial charge in [0, 0.05) is 19.0 Å². The third kappa shape index (κ3) is 1.90. The largest absolute Gasteiger partial charge is 0.508 e. The predicted molar refractivity (Wildman–Crippen MR) is 64.6 cm³/mol. The molecule has 2 aliphatic heterocycles. The maximum absolute atomic E-state index is 11.9. The molecule has 1 aromatic rings. The minimum absolute atomic E-state index is 0.304. The van der Waals surface area contributed by atoms with Crippen LogP contribution in [0.1, 0.15) is 18.4 Å². The summed E-state index contributed by atoms with van der Waals surface area (Å²) < 4.78 is 0. The third-order valence-corrected chi connectivity index (χ3v) is 4.02. The average Bonchev–Trinajstić information content (AvgIpc) is 2.28. The number of carbonyl (C=O) groups is 1. The van der Waals surface area contributed by atoms with E-state index in [9.17, 15) is 9.90 Å². The second-order valence-electron chi connectivity index (χ2n) is 5.20. The molecule has 0 radical (unpaired) electrons. The number of hydrogen-bond acceptors (Lipinski definition) is 2. The van der Waals surface area contributed by atoms with Gasteiger partial charge in [-0.2, -0.15) is 0 Å². The molecule has 1 aliphatic carbocycles. The molecule has 0 atom stereocenters. The quantitative estimate of drug-likeness (QED) is 0.861. The van der Waals surface area contributed by atoms with Crippen molar-refractivity contribution in [2.75, 3.05) is 13.1 Å². The van der Waals surface area contributed by atoms with Crippen molar-refractivity contribution in [3.8, 4) is 5.75 Å². The molecule has 17 heavy (non-hydrogen) atoms. The third-order valence-electron chi connectivity index (χ3n) is 4.02. The van der Waals surface area contributed by atoms with E-state index in [1.54, 1.807) is 6.07 Å². The van der Waals surface area contributed by atoms with Crippen molar-refractivity contribution in [1.82, 2.24) is 4.90 Å². The summed E-state index contributed by atoms with van der Waals surface area (Å²) >= 11 is 0. The Balaban J connectivity index is 1.61. The molecule has 1 N–H and O–H groups in total. The molecule has 3 aliphatic rings. The van der Waals surface area contributed by atoms with Gasteiger partial charge in [0.1, 0.15) is 5.75 Å². The van der Waals surface area contributed by atoms with Crippen LogP contribution in [0.15, 0.2) is 24.3 Å². The average molecular weight is 231 g/mol. The van der Waals surface area contributed by atoms with Crippen LogP contribution in [0.5, 0.6) is 5.75 Å². The Hall–Kier alpha value is -1.51. The Morgan fingerprint density at radius 1 is 1.29 bits per heavy atom. The van der Waals surface area contributed by atoms with E-state index in [0.29, 0.717) is 17.6 Å². The molecule has 3 nitrogen and oxygen atoms in total. The molecular weight excluding hydrogens is 214 g/mol. The zero-order valence-electron chi connectivity index (χ0n) is 9.80. The second kappa shape index (κ2) is 4.06. The van der Waals surface area contributed by atoms with E-state index in [1.807, 2.05) is 23.1 Å². The lowest BCUT2D eigenvalue weighted by Crippen LogP contribution is -2.53. The number of benzene rings is 1. The molecule has 0 spiro atoms. The highest BCUT2D eigenvalue weighted by molar-refractivity contribution is 5.81. The Morgan fingerprint density at radius 2 is 2.06 bits per heavy atom. The Bertz CT molecular complexity index is 438. The summed E-state index contributed by atoms with van der Waals surface area (Å²) in [7, 11) is 0. The molecule has 3 heteroatoms. The normalized spacial score (nSPS) is 26.8. The van der Waals surface area contributed by atoms with Crippen LogP contribution in [0.25, 0.3) is 0 Å². The number of para-hydroxylation sites is 1. The van der Waals surface area contributed by atoms with Crippen LogP contribution in [0, 0.1) is 11.8 Å². The molecule has 0 aromatic heterocycles. The highest BCUT2D eigenvalue weighted by atomic mass is 16.3. The number of fused-ring (bicyclic) bond motifs is 2. The number of carbonyl (C=O) groups excluding carboxylic acids is 1. The first-order valence-corrected chi connectivity index (χ1v) is 6.29. The van der Waals surface area contributed by atoms with E-state index in [0.717, 1.165) is 43.8 Å². The Labute approximate surface area is 101 Å². The maximum atomic E-state index is 11.9. The standard InChI is InChI=1S/C14H17NO2/c16-13-4-2-1-3-11(13)5-6-15-9-10-7-12(8-10)14(15)17/h1-4,10,12,16H,5-9H2. The number of phenolic OH excluding ortho intramolecular Hbond substituents is 1. The summed E-state index contributed by atoms with van der Waals surface area (Å²) in [6.45, 7) is 1.66. The molecule has 2 heterocycles. The molecule has 4 rings (SSSR count). The van der Waals surface area contributed by atoms with Gasteiger partial charge in [-0.15, -0.1) is 0 Å². The summed E-state index contributed by atoms with van der Waals surface area (Å²) in [6, 6.07) is 7.36. The molecule has 0 unspecified atom stereocenters. The van der Waals surface area contributed by atoms with Crippen molar-refractivity contribution >= 4 is 5.91 Å². The molecule has 2 saturated heterocycles. The minimum atomic E-state index is 0.304. The number of aromatic hydroxyl groups is 1. The van der Waals surface area contributed by atoms with Gasteiger partial charge >= 0.3 is 0 Å². The van der Waals surface area contributed by atoms with E-state index in [1.165, 1.54) is 0 Å². The Morgan fingerprint density at radius 3 is 2.76 bits per heavy atom. The van der Waals surface area contributed by atoms with Crippen LogP contribution >= 0.6 is 0 Å². The zero-order chi connectivity index (χ0) is 11.8. The van der Waals surface area contributed by atoms with Crippen LogP contribution < -0.4 is 0 Å². The fraction of sp³-hybridized carbons (Fsp3) is 0.500. The Kier molecular flexibility index (Phi) is 2.54. The minimum Gasteiger partial charge on any atom is -0.508 e. The first-order valence-electron chi connectivity index (χ1n) is 6.29. The molecule has 1 aromatic carbocycles. The monoisotopic (exact) mass is 231 g/mol. The number of rotatable bonds is 3. The van der Waals surface area contributed by atoms with Gasteiger partial charge in [-0.25, -0.2) is 0 Å². The zero-order valence-corrected chi connectivity index (χ0v) is 9.80. The molecule has 3 fully saturated rings. The van der Waals surface area contributed by atoms with Crippen LogP contribution in [0.4, 0.5) is 0 Å². The van der Waals surface area contributed by atoms with E-state index >= 15 is 0 Å². The van der Waals surface area contributed by atoms with Crippen LogP contribution in [0.3, 0.4) is 0 Å². The molecule has 90 valence electrons. The number of phenols is 1. The summed E-state index contributed by atoms with van der Waals surface area (Å²) in [5.41, 5.74) is 0.930. The molecular formula is C14H17NO2. The highest BCUT2D eigenvalue weighted by Crippen LogP contribution is 2.40. The van der Waals surface area contributed by atoms with Gasteiger partial charge in [0.05, 0.1) is 0 Å². The van der Waals surface area contributed by atoms with Gasteiger partial charge in [-0.1, -0.05) is 18.2 Å². The maximum Gasteiger partial charge on any atom is 0.225 e. The summed E-state index contributed by atoms with van der Waals surface area (Å²) in [4.78, 5) is 13.9. The van der Waals surface area contributed by atoms with Gasteiger partial charge in [0.25, 0.3) is 0 Å². The second-order valence-corrected chi connectivity index (χ2v) is 5.20. The first-order chi connectivity index (χ1) is 8.24. The topological polar surface area (TPSA) is 40.5 Å². The molecule has 1 amide bonds.